The standard InChI is InChI=1S/C16H10BrN3O2/c17-10-6-5-9-7-14(22-13(9)8-10)15(21)20-12-4-2-1-3-11(12)19-16(20)18/h1-8H,(H2,18,19). The number of rotatable bonds is 1. The Balaban J connectivity index is 1.90. The summed E-state index contributed by atoms with van der Waals surface area (Å²) in [4.78, 5) is 16.9. The van der Waals surface area contributed by atoms with Crippen LogP contribution in [0, 0.1) is 0 Å². The number of benzene rings is 2. The second kappa shape index (κ2) is 4.71. The van der Waals surface area contributed by atoms with Gasteiger partial charge in [0.25, 0.3) is 0 Å². The number of nitrogens with two attached hydrogens (primary N) is 1. The van der Waals surface area contributed by atoms with Crippen molar-refractivity contribution < 1.29 is 9.21 Å². The van der Waals surface area contributed by atoms with Crippen molar-refractivity contribution in [2.24, 2.45) is 0 Å². The normalized spacial score (nSPS) is 11.3. The molecular formula is C16H10BrN3O2. The second-order valence-electron chi connectivity index (χ2n) is 4.89. The Kier molecular flexibility index (Phi) is 2.80. The van der Waals surface area contributed by atoms with Gasteiger partial charge in [0, 0.05) is 9.86 Å². The van der Waals surface area contributed by atoms with Gasteiger partial charge in [0.1, 0.15) is 5.58 Å². The molecule has 22 heavy (non-hydrogen) atoms. The molecule has 0 atom stereocenters. The molecule has 4 rings (SSSR count). The van der Waals surface area contributed by atoms with Crippen LogP contribution in [0.2, 0.25) is 0 Å². The van der Waals surface area contributed by atoms with E-state index in [0.29, 0.717) is 16.6 Å². The van der Waals surface area contributed by atoms with Crippen LogP contribution >= 0.6 is 15.9 Å². The van der Waals surface area contributed by atoms with Gasteiger partial charge in [0.15, 0.2) is 5.76 Å². The van der Waals surface area contributed by atoms with Crippen molar-refractivity contribution in [3.8, 4) is 0 Å². The van der Waals surface area contributed by atoms with Crippen molar-refractivity contribution in [3.63, 3.8) is 0 Å². The van der Waals surface area contributed by atoms with E-state index >= 15 is 0 Å². The van der Waals surface area contributed by atoms with Gasteiger partial charge in [-0.05, 0) is 36.4 Å². The Morgan fingerprint density at radius 2 is 2.00 bits per heavy atom. The summed E-state index contributed by atoms with van der Waals surface area (Å²) in [6.07, 6.45) is 0. The fourth-order valence-corrected chi connectivity index (χ4v) is 2.82. The summed E-state index contributed by atoms with van der Waals surface area (Å²) in [5.74, 6) is 0.0364. The summed E-state index contributed by atoms with van der Waals surface area (Å²) < 4.78 is 7.91. The minimum absolute atomic E-state index is 0.146. The molecule has 2 aromatic carbocycles. The molecule has 0 bridgehead atoms. The van der Waals surface area contributed by atoms with E-state index in [0.717, 1.165) is 9.86 Å². The number of nitrogens with zero attached hydrogens (tertiary/aromatic N) is 2. The largest absolute Gasteiger partial charge is 0.451 e. The Hall–Kier alpha value is -2.60. The molecule has 5 nitrogen and oxygen atoms in total. The first-order valence-corrected chi connectivity index (χ1v) is 7.39. The number of furan rings is 1. The lowest BCUT2D eigenvalue weighted by Gasteiger charge is -2.01. The van der Waals surface area contributed by atoms with Crippen molar-refractivity contribution >= 4 is 49.8 Å². The maximum Gasteiger partial charge on any atom is 0.300 e. The van der Waals surface area contributed by atoms with Gasteiger partial charge in [-0.1, -0.05) is 28.1 Å². The molecule has 0 unspecified atom stereocenters. The van der Waals surface area contributed by atoms with Gasteiger partial charge in [0.2, 0.25) is 5.95 Å². The van der Waals surface area contributed by atoms with E-state index in [-0.39, 0.29) is 17.6 Å². The summed E-state index contributed by atoms with van der Waals surface area (Å²) in [5, 5.41) is 0.856. The number of imidazole rings is 1. The smallest absolute Gasteiger partial charge is 0.300 e. The molecule has 2 N–H and O–H groups in total. The zero-order valence-electron chi connectivity index (χ0n) is 11.3. The van der Waals surface area contributed by atoms with E-state index in [1.54, 1.807) is 12.1 Å². The van der Waals surface area contributed by atoms with Crippen LogP contribution in [0.25, 0.3) is 22.0 Å². The maximum atomic E-state index is 12.7. The van der Waals surface area contributed by atoms with Crippen LogP contribution in [0.1, 0.15) is 10.6 Å². The number of hydrogen-bond acceptors (Lipinski definition) is 4. The number of anilines is 1. The highest BCUT2D eigenvalue weighted by Crippen LogP contribution is 2.25. The molecule has 0 aliphatic carbocycles. The maximum absolute atomic E-state index is 12.7. The lowest BCUT2D eigenvalue weighted by atomic mass is 10.2. The molecule has 0 radical (unpaired) electrons. The minimum Gasteiger partial charge on any atom is -0.451 e. The highest BCUT2D eigenvalue weighted by atomic mass is 79.9. The molecule has 0 saturated heterocycles. The van der Waals surface area contributed by atoms with E-state index in [2.05, 4.69) is 20.9 Å². The predicted molar refractivity (Wildman–Crippen MR) is 87.8 cm³/mol. The van der Waals surface area contributed by atoms with Crippen molar-refractivity contribution in [2.45, 2.75) is 0 Å². The molecule has 2 aromatic heterocycles. The van der Waals surface area contributed by atoms with E-state index in [1.807, 2.05) is 36.4 Å². The molecule has 6 heteroatoms. The quantitative estimate of drug-likeness (QED) is 0.563. The van der Waals surface area contributed by atoms with Gasteiger partial charge in [-0.2, -0.15) is 0 Å². The topological polar surface area (TPSA) is 74.0 Å². The number of fused-ring (bicyclic) bond motifs is 2. The van der Waals surface area contributed by atoms with Gasteiger partial charge >= 0.3 is 5.91 Å². The van der Waals surface area contributed by atoms with Crippen LogP contribution < -0.4 is 5.73 Å². The average molecular weight is 356 g/mol. The predicted octanol–water partition coefficient (Wildman–Crippen LogP) is 3.82. The second-order valence-corrected chi connectivity index (χ2v) is 5.81. The Morgan fingerprint density at radius 1 is 1.18 bits per heavy atom. The first kappa shape index (κ1) is 13.1. The summed E-state index contributed by atoms with van der Waals surface area (Å²) in [5.41, 5.74) is 7.86. The molecule has 2 heterocycles. The van der Waals surface area contributed by atoms with E-state index in [1.165, 1.54) is 4.57 Å². The number of carbonyl (C=O) groups is 1. The number of halogens is 1. The summed E-state index contributed by atoms with van der Waals surface area (Å²) >= 11 is 3.38. The zero-order chi connectivity index (χ0) is 15.3. The number of nitrogen functional groups attached to an aromatic ring is 1. The zero-order valence-corrected chi connectivity index (χ0v) is 12.9. The first-order valence-electron chi connectivity index (χ1n) is 6.60. The molecule has 0 amide bonds. The monoisotopic (exact) mass is 355 g/mol. The third-order valence-corrected chi connectivity index (χ3v) is 3.98. The van der Waals surface area contributed by atoms with E-state index in [9.17, 15) is 4.79 Å². The molecule has 0 aliphatic rings. The van der Waals surface area contributed by atoms with E-state index < -0.39 is 0 Å². The van der Waals surface area contributed by atoms with Crippen LogP contribution in [0.15, 0.2) is 57.4 Å². The molecule has 0 aliphatic heterocycles. The fourth-order valence-electron chi connectivity index (χ4n) is 2.48. The average Bonchev–Trinajstić information content (AvgIpc) is 3.06. The van der Waals surface area contributed by atoms with Crippen LogP contribution in [0.5, 0.6) is 0 Å². The molecule has 0 spiro atoms. The van der Waals surface area contributed by atoms with Crippen LogP contribution in [-0.2, 0) is 0 Å². The van der Waals surface area contributed by atoms with Gasteiger partial charge in [-0.15, -0.1) is 0 Å². The molecule has 4 aromatic rings. The van der Waals surface area contributed by atoms with E-state index in [4.69, 9.17) is 10.2 Å². The number of carbonyl (C=O) groups excluding carboxylic acids is 1. The summed E-state index contributed by atoms with van der Waals surface area (Å²) in [6, 6.07) is 14.6. The first-order chi connectivity index (χ1) is 10.6. The van der Waals surface area contributed by atoms with Gasteiger partial charge in [0.05, 0.1) is 11.0 Å². The lowest BCUT2D eigenvalue weighted by molar-refractivity contribution is 0.0941. The number of aromatic nitrogens is 2. The molecule has 0 fully saturated rings. The lowest BCUT2D eigenvalue weighted by Crippen LogP contribution is -2.13. The van der Waals surface area contributed by atoms with Gasteiger partial charge < -0.3 is 10.2 Å². The summed E-state index contributed by atoms with van der Waals surface area (Å²) in [7, 11) is 0. The number of hydrogen-bond donors (Lipinski definition) is 1. The van der Waals surface area contributed by atoms with Gasteiger partial charge in [-0.3, -0.25) is 4.79 Å². The third-order valence-electron chi connectivity index (χ3n) is 3.48. The number of para-hydroxylation sites is 2. The van der Waals surface area contributed by atoms with Crippen molar-refractivity contribution in [1.82, 2.24) is 9.55 Å². The van der Waals surface area contributed by atoms with Crippen LogP contribution in [0.3, 0.4) is 0 Å². The SMILES string of the molecule is Nc1nc2ccccc2n1C(=O)c1cc2ccc(Br)cc2o1. The fraction of sp³-hybridized carbons (Fsp3) is 0. The Labute approximate surface area is 133 Å². The molecule has 0 saturated carbocycles. The van der Waals surface area contributed by atoms with Crippen LogP contribution in [-0.4, -0.2) is 15.5 Å². The Morgan fingerprint density at radius 3 is 2.86 bits per heavy atom. The molecular weight excluding hydrogens is 346 g/mol. The van der Waals surface area contributed by atoms with Crippen molar-refractivity contribution in [3.05, 3.63) is 58.8 Å². The van der Waals surface area contributed by atoms with Gasteiger partial charge in [-0.25, -0.2) is 9.55 Å². The highest BCUT2D eigenvalue weighted by molar-refractivity contribution is 9.10. The minimum atomic E-state index is -0.335. The third kappa shape index (κ3) is 1.92. The van der Waals surface area contributed by atoms with Crippen LogP contribution in [0.4, 0.5) is 5.95 Å². The molecule has 108 valence electrons. The summed E-state index contributed by atoms with van der Waals surface area (Å²) in [6.45, 7) is 0. The highest BCUT2D eigenvalue weighted by Gasteiger charge is 2.20. The van der Waals surface area contributed by atoms with Crippen molar-refractivity contribution in [1.29, 1.82) is 0 Å². The Bertz CT molecular complexity index is 1030. The van der Waals surface area contributed by atoms with Crippen molar-refractivity contribution in [2.75, 3.05) is 5.73 Å².